The van der Waals surface area contributed by atoms with Crippen LogP contribution in [0.2, 0.25) is 0 Å². The first-order chi connectivity index (χ1) is 9.67. The zero-order valence-corrected chi connectivity index (χ0v) is 12.8. The van der Waals surface area contributed by atoms with Gasteiger partial charge in [-0.2, -0.15) is 0 Å². The number of nitrogens with one attached hydrogen (secondary N) is 1. The Balaban J connectivity index is 2.48. The standard InChI is InChI=1S/C16H26N4/c1-5-8-15(6-2)17-11-12-20(14(3)4)13-16-18-9-7-10-19-16/h5,7-10,14,17H,1,6,11-13H2,2-4H3/b15-8+. The highest BCUT2D eigenvalue weighted by molar-refractivity contribution is 5.07. The maximum Gasteiger partial charge on any atom is 0.142 e. The summed E-state index contributed by atoms with van der Waals surface area (Å²) < 4.78 is 0. The van der Waals surface area contributed by atoms with Crippen molar-refractivity contribution in [1.29, 1.82) is 0 Å². The quantitative estimate of drug-likeness (QED) is 0.703. The molecule has 110 valence electrons. The fourth-order valence-electron chi connectivity index (χ4n) is 1.92. The summed E-state index contributed by atoms with van der Waals surface area (Å²) in [6.45, 7) is 12.9. The van der Waals surface area contributed by atoms with Gasteiger partial charge in [0.25, 0.3) is 0 Å². The van der Waals surface area contributed by atoms with Gasteiger partial charge < -0.3 is 5.32 Å². The molecule has 1 aromatic heterocycles. The van der Waals surface area contributed by atoms with Crippen LogP contribution in [0.3, 0.4) is 0 Å². The lowest BCUT2D eigenvalue weighted by molar-refractivity contribution is 0.209. The fourth-order valence-corrected chi connectivity index (χ4v) is 1.92. The largest absolute Gasteiger partial charge is 0.387 e. The molecule has 0 aliphatic carbocycles. The number of hydrogen-bond donors (Lipinski definition) is 1. The van der Waals surface area contributed by atoms with Crippen LogP contribution in [-0.4, -0.2) is 34.0 Å². The van der Waals surface area contributed by atoms with Crippen LogP contribution in [0.4, 0.5) is 0 Å². The van der Waals surface area contributed by atoms with Gasteiger partial charge in [0.1, 0.15) is 5.82 Å². The zero-order valence-electron chi connectivity index (χ0n) is 12.8. The van der Waals surface area contributed by atoms with E-state index in [0.29, 0.717) is 6.04 Å². The van der Waals surface area contributed by atoms with Gasteiger partial charge in [0.05, 0.1) is 6.54 Å². The van der Waals surface area contributed by atoms with E-state index in [0.717, 1.165) is 31.9 Å². The predicted octanol–water partition coefficient (Wildman–Crippen LogP) is 2.76. The Morgan fingerprint density at radius 2 is 2.10 bits per heavy atom. The molecule has 0 saturated heterocycles. The lowest BCUT2D eigenvalue weighted by atomic mass is 10.3. The second kappa shape index (κ2) is 9.26. The van der Waals surface area contributed by atoms with Crippen molar-refractivity contribution >= 4 is 0 Å². The molecule has 0 amide bonds. The first kappa shape index (κ1) is 16.4. The number of rotatable bonds is 9. The third-order valence-corrected chi connectivity index (χ3v) is 3.15. The van der Waals surface area contributed by atoms with E-state index in [1.165, 1.54) is 5.70 Å². The topological polar surface area (TPSA) is 41.0 Å². The second-order valence-corrected chi connectivity index (χ2v) is 4.94. The molecule has 4 nitrogen and oxygen atoms in total. The molecule has 0 aliphatic heterocycles. The third kappa shape index (κ3) is 5.97. The van der Waals surface area contributed by atoms with E-state index < -0.39 is 0 Å². The van der Waals surface area contributed by atoms with Gasteiger partial charge in [0, 0.05) is 37.2 Å². The molecular formula is C16H26N4. The first-order valence-corrected chi connectivity index (χ1v) is 7.22. The van der Waals surface area contributed by atoms with Gasteiger partial charge in [-0.1, -0.05) is 19.6 Å². The normalized spacial score (nSPS) is 11.9. The smallest absolute Gasteiger partial charge is 0.142 e. The summed E-state index contributed by atoms with van der Waals surface area (Å²) in [4.78, 5) is 10.9. The van der Waals surface area contributed by atoms with Crippen molar-refractivity contribution in [1.82, 2.24) is 20.2 Å². The highest BCUT2D eigenvalue weighted by Crippen LogP contribution is 2.03. The predicted molar refractivity (Wildman–Crippen MR) is 84.2 cm³/mol. The Kier molecular flexibility index (Phi) is 7.58. The van der Waals surface area contributed by atoms with Crippen LogP contribution in [0.5, 0.6) is 0 Å². The van der Waals surface area contributed by atoms with Crippen molar-refractivity contribution in [3.05, 3.63) is 48.7 Å². The van der Waals surface area contributed by atoms with Gasteiger partial charge in [-0.15, -0.1) is 0 Å². The molecule has 0 saturated carbocycles. The molecule has 0 bridgehead atoms. The third-order valence-electron chi connectivity index (χ3n) is 3.15. The minimum Gasteiger partial charge on any atom is -0.387 e. The minimum absolute atomic E-state index is 0.467. The van der Waals surface area contributed by atoms with Crippen LogP contribution in [0, 0.1) is 0 Å². The number of aromatic nitrogens is 2. The Bertz CT molecular complexity index is 412. The summed E-state index contributed by atoms with van der Waals surface area (Å²) >= 11 is 0. The van der Waals surface area contributed by atoms with Crippen molar-refractivity contribution in [3.63, 3.8) is 0 Å². The molecule has 0 fully saturated rings. The average molecular weight is 274 g/mol. The molecule has 0 spiro atoms. The summed E-state index contributed by atoms with van der Waals surface area (Å²) in [5.41, 5.74) is 1.22. The van der Waals surface area contributed by atoms with Crippen LogP contribution >= 0.6 is 0 Å². The van der Waals surface area contributed by atoms with Gasteiger partial charge in [-0.3, -0.25) is 4.90 Å². The van der Waals surface area contributed by atoms with E-state index in [-0.39, 0.29) is 0 Å². The van der Waals surface area contributed by atoms with Crippen molar-refractivity contribution < 1.29 is 0 Å². The lowest BCUT2D eigenvalue weighted by Crippen LogP contribution is -2.36. The van der Waals surface area contributed by atoms with Crippen LogP contribution in [0.1, 0.15) is 33.0 Å². The van der Waals surface area contributed by atoms with E-state index >= 15 is 0 Å². The van der Waals surface area contributed by atoms with Crippen LogP contribution in [0.25, 0.3) is 0 Å². The zero-order chi connectivity index (χ0) is 14.8. The second-order valence-electron chi connectivity index (χ2n) is 4.94. The van der Waals surface area contributed by atoms with Crippen LogP contribution in [-0.2, 0) is 6.54 Å². The SMILES string of the molecule is C=C/C=C(\CC)NCCN(Cc1ncccn1)C(C)C. The van der Waals surface area contributed by atoms with E-state index in [2.05, 4.69) is 47.5 Å². The van der Waals surface area contributed by atoms with E-state index in [9.17, 15) is 0 Å². The highest BCUT2D eigenvalue weighted by Gasteiger charge is 2.11. The maximum absolute atomic E-state index is 4.29. The molecule has 1 N–H and O–H groups in total. The molecule has 0 aromatic carbocycles. The van der Waals surface area contributed by atoms with Crippen molar-refractivity contribution in [2.75, 3.05) is 13.1 Å². The summed E-state index contributed by atoms with van der Waals surface area (Å²) in [6, 6.07) is 2.31. The van der Waals surface area contributed by atoms with Gasteiger partial charge >= 0.3 is 0 Å². The maximum atomic E-state index is 4.29. The lowest BCUT2D eigenvalue weighted by Gasteiger charge is -2.26. The van der Waals surface area contributed by atoms with E-state index in [1.54, 1.807) is 12.4 Å². The Morgan fingerprint density at radius 3 is 2.65 bits per heavy atom. The molecule has 20 heavy (non-hydrogen) atoms. The van der Waals surface area contributed by atoms with Crippen LogP contribution < -0.4 is 5.32 Å². The molecule has 1 aromatic rings. The Hall–Kier alpha value is -1.68. The van der Waals surface area contributed by atoms with Gasteiger partial charge in [0.15, 0.2) is 0 Å². The molecule has 0 unspecified atom stereocenters. The van der Waals surface area contributed by atoms with Crippen molar-refractivity contribution in [2.24, 2.45) is 0 Å². The van der Waals surface area contributed by atoms with Gasteiger partial charge in [-0.25, -0.2) is 9.97 Å². The average Bonchev–Trinajstić information content (AvgIpc) is 2.46. The monoisotopic (exact) mass is 274 g/mol. The number of hydrogen-bond acceptors (Lipinski definition) is 4. The molecule has 0 atom stereocenters. The molecule has 4 heteroatoms. The minimum atomic E-state index is 0.467. The molecular weight excluding hydrogens is 248 g/mol. The van der Waals surface area contributed by atoms with Gasteiger partial charge in [-0.05, 0) is 32.4 Å². The van der Waals surface area contributed by atoms with Crippen molar-refractivity contribution in [2.45, 2.75) is 39.8 Å². The number of allylic oxidation sites excluding steroid dienone is 3. The summed E-state index contributed by atoms with van der Waals surface area (Å²) in [5.74, 6) is 0.874. The molecule has 1 heterocycles. The van der Waals surface area contributed by atoms with Crippen LogP contribution in [0.15, 0.2) is 42.9 Å². The number of nitrogens with zero attached hydrogens (tertiary/aromatic N) is 3. The molecule has 0 radical (unpaired) electrons. The van der Waals surface area contributed by atoms with E-state index in [1.807, 2.05) is 18.2 Å². The van der Waals surface area contributed by atoms with Crippen molar-refractivity contribution in [3.8, 4) is 0 Å². The highest BCUT2D eigenvalue weighted by atomic mass is 15.2. The molecule has 1 rings (SSSR count). The fraction of sp³-hybridized carbons (Fsp3) is 0.500. The molecule has 0 aliphatic rings. The summed E-state index contributed by atoms with van der Waals surface area (Å²) in [6.07, 6.45) is 8.43. The summed E-state index contributed by atoms with van der Waals surface area (Å²) in [7, 11) is 0. The van der Waals surface area contributed by atoms with E-state index in [4.69, 9.17) is 0 Å². The summed E-state index contributed by atoms with van der Waals surface area (Å²) in [5, 5.41) is 3.45. The Labute approximate surface area is 122 Å². The Morgan fingerprint density at radius 1 is 1.40 bits per heavy atom. The first-order valence-electron chi connectivity index (χ1n) is 7.22. The van der Waals surface area contributed by atoms with Gasteiger partial charge in [0.2, 0.25) is 0 Å².